The van der Waals surface area contributed by atoms with Crippen molar-refractivity contribution in [3.8, 4) is 5.75 Å². The number of halogens is 3. The lowest BCUT2D eigenvalue weighted by atomic mass is 10.3. The van der Waals surface area contributed by atoms with E-state index in [0.717, 1.165) is 12.1 Å². The van der Waals surface area contributed by atoms with Gasteiger partial charge in [0.15, 0.2) is 0 Å². The molecule has 0 radical (unpaired) electrons. The normalized spacial score (nSPS) is 11.6. The zero-order valence-electron chi connectivity index (χ0n) is 14.6. The van der Waals surface area contributed by atoms with Crippen LogP contribution in [0.5, 0.6) is 5.75 Å². The topological polar surface area (TPSA) is 67.9 Å². The summed E-state index contributed by atoms with van der Waals surface area (Å²) in [6.45, 7) is 0.807. The molecule has 0 aliphatic rings. The molecule has 9 heteroatoms. The van der Waals surface area contributed by atoms with Gasteiger partial charge in [-0.1, -0.05) is 0 Å². The highest BCUT2D eigenvalue weighted by Gasteiger charge is 2.31. The van der Waals surface area contributed by atoms with Crippen LogP contribution in [0.4, 0.5) is 18.9 Å². The van der Waals surface area contributed by atoms with Gasteiger partial charge in [0.25, 0.3) is 0 Å². The molecule has 148 valence electrons. The number of rotatable bonds is 8. The number of anilines is 1. The lowest BCUT2D eigenvalue weighted by Gasteiger charge is -2.19. The Morgan fingerprint density at radius 2 is 1.54 bits per heavy atom. The maximum Gasteiger partial charge on any atom is 0.573 e. The second-order valence-corrected chi connectivity index (χ2v) is 5.92. The van der Waals surface area contributed by atoms with Crippen molar-refractivity contribution in [2.24, 2.45) is 0 Å². The second-order valence-electron chi connectivity index (χ2n) is 5.92. The van der Waals surface area contributed by atoms with Gasteiger partial charge in [0.05, 0.1) is 32.2 Å². The van der Waals surface area contributed by atoms with E-state index in [9.17, 15) is 18.0 Å². The number of nitrogens with one attached hydrogen (secondary N) is 1. The average molecular weight is 394 g/mol. The number of ether oxygens (including phenoxy) is 1. The monoisotopic (exact) mass is 394 g/mol. The van der Waals surface area contributed by atoms with Gasteiger partial charge in [-0.15, -0.1) is 13.2 Å². The fraction of sp³-hybridized carbons (Fsp3) is 0.211. The minimum Gasteiger partial charge on any atom is -0.468 e. The van der Waals surface area contributed by atoms with Crippen molar-refractivity contribution in [3.05, 3.63) is 72.6 Å². The Kier molecular flexibility index (Phi) is 6.05. The van der Waals surface area contributed by atoms with E-state index >= 15 is 0 Å². The molecular weight excluding hydrogens is 377 g/mol. The lowest BCUT2D eigenvalue weighted by molar-refractivity contribution is -0.274. The number of amides is 1. The molecule has 2 heterocycles. The molecule has 6 nitrogen and oxygen atoms in total. The third-order valence-electron chi connectivity index (χ3n) is 3.66. The number of alkyl halides is 3. The van der Waals surface area contributed by atoms with Crippen molar-refractivity contribution in [2.45, 2.75) is 19.5 Å². The highest BCUT2D eigenvalue weighted by molar-refractivity contribution is 5.92. The predicted molar refractivity (Wildman–Crippen MR) is 93.3 cm³/mol. The van der Waals surface area contributed by atoms with E-state index in [1.165, 1.54) is 12.1 Å². The minimum atomic E-state index is -4.76. The maximum absolute atomic E-state index is 12.4. The Morgan fingerprint density at radius 3 is 2.00 bits per heavy atom. The summed E-state index contributed by atoms with van der Waals surface area (Å²) in [5.41, 5.74) is 0.357. The smallest absolute Gasteiger partial charge is 0.468 e. The van der Waals surface area contributed by atoms with Crippen molar-refractivity contribution in [1.29, 1.82) is 0 Å². The zero-order valence-corrected chi connectivity index (χ0v) is 14.6. The van der Waals surface area contributed by atoms with Gasteiger partial charge in [-0.3, -0.25) is 9.69 Å². The molecule has 0 saturated carbocycles. The fourth-order valence-corrected chi connectivity index (χ4v) is 2.56. The third-order valence-corrected chi connectivity index (χ3v) is 3.66. The van der Waals surface area contributed by atoms with Gasteiger partial charge >= 0.3 is 6.36 Å². The van der Waals surface area contributed by atoms with Crippen LogP contribution in [0.25, 0.3) is 0 Å². The van der Waals surface area contributed by atoms with Gasteiger partial charge in [-0.2, -0.15) is 0 Å². The third kappa shape index (κ3) is 6.20. The van der Waals surface area contributed by atoms with Gasteiger partial charge < -0.3 is 18.9 Å². The Hall–Kier alpha value is -3.20. The summed E-state index contributed by atoms with van der Waals surface area (Å²) in [6.07, 6.45) is -1.67. The highest BCUT2D eigenvalue weighted by atomic mass is 19.4. The van der Waals surface area contributed by atoms with Crippen LogP contribution in [0, 0.1) is 0 Å². The molecule has 0 spiro atoms. The number of benzene rings is 1. The predicted octanol–water partition coefficient (Wildman–Crippen LogP) is 4.41. The molecule has 3 aromatic rings. The molecule has 1 amide bonds. The fourth-order valence-electron chi connectivity index (χ4n) is 2.56. The maximum atomic E-state index is 12.4. The van der Waals surface area contributed by atoms with Crippen LogP contribution >= 0.6 is 0 Å². The number of carbonyl (C=O) groups excluding carboxylic acids is 1. The van der Waals surface area contributed by atoms with Crippen molar-refractivity contribution < 1.29 is 31.5 Å². The molecule has 28 heavy (non-hydrogen) atoms. The first-order valence-corrected chi connectivity index (χ1v) is 8.30. The molecule has 0 bridgehead atoms. The summed E-state index contributed by atoms with van der Waals surface area (Å²) in [5, 5.41) is 2.64. The van der Waals surface area contributed by atoms with Gasteiger partial charge in [0, 0.05) is 5.69 Å². The molecule has 0 unspecified atom stereocenters. The van der Waals surface area contributed by atoms with Gasteiger partial charge in [-0.25, -0.2) is 0 Å². The van der Waals surface area contributed by atoms with E-state index in [1.807, 2.05) is 4.90 Å². The molecule has 0 aliphatic heterocycles. The van der Waals surface area contributed by atoms with E-state index in [-0.39, 0.29) is 18.2 Å². The molecule has 0 fully saturated rings. The molecular formula is C19H17F3N2O4. The first kappa shape index (κ1) is 19.6. The summed E-state index contributed by atoms with van der Waals surface area (Å²) >= 11 is 0. The first-order chi connectivity index (χ1) is 13.4. The van der Waals surface area contributed by atoms with Crippen LogP contribution in [-0.4, -0.2) is 23.7 Å². The van der Waals surface area contributed by atoms with E-state index in [1.54, 1.807) is 36.8 Å². The number of hydrogen-bond donors (Lipinski definition) is 1. The van der Waals surface area contributed by atoms with E-state index in [0.29, 0.717) is 30.3 Å². The molecule has 2 aromatic heterocycles. The van der Waals surface area contributed by atoms with E-state index < -0.39 is 6.36 Å². The SMILES string of the molecule is O=C(CN(Cc1ccco1)Cc1ccco1)Nc1ccc(OC(F)(F)F)cc1. The van der Waals surface area contributed by atoms with Crippen LogP contribution in [0.3, 0.4) is 0 Å². The quantitative estimate of drug-likeness (QED) is 0.613. The van der Waals surface area contributed by atoms with Gasteiger partial charge in [0.2, 0.25) is 5.91 Å². The van der Waals surface area contributed by atoms with Crippen molar-refractivity contribution in [3.63, 3.8) is 0 Å². The summed E-state index contributed by atoms with van der Waals surface area (Å²) in [7, 11) is 0. The standard InChI is InChI=1S/C19H17F3N2O4/c20-19(21,22)28-15-7-5-14(6-8-15)23-18(25)13-24(11-16-3-1-9-26-16)12-17-4-2-10-27-17/h1-10H,11-13H2,(H,23,25). The van der Waals surface area contributed by atoms with Crippen molar-refractivity contribution in [2.75, 3.05) is 11.9 Å². The molecule has 1 aromatic carbocycles. The van der Waals surface area contributed by atoms with Crippen LogP contribution in [0.2, 0.25) is 0 Å². The average Bonchev–Trinajstić information content (AvgIpc) is 3.29. The van der Waals surface area contributed by atoms with Crippen molar-refractivity contribution in [1.82, 2.24) is 4.90 Å². The minimum absolute atomic E-state index is 0.0300. The van der Waals surface area contributed by atoms with Crippen molar-refractivity contribution >= 4 is 11.6 Å². The summed E-state index contributed by atoms with van der Waals surface area (Å²) in [4.78, 5) is 14.2. The van der Waals surface area contributed by atoms with E-state index in [2.05, 4.69) is 10.1 Å². The zero-order chi connectivity index (χ0) is 20.0. The van der Waals surface area contributed by atoms with Crippen LogP contribution in [0.1, 0.15) is 11.5 Å². The molecule has 0 saturated heterocycles. The van der Waals surface area contributed by atoms with Crippen LogP contribution < -0.4 is 10.1 Å². The Labute approximate surface area is 158 Å². The number of nitrogens with zero attached hydrogens (tertiary/aromatic N) is 1. The van der Waals surface area contributed by atoms with Gasteiger partial charge in [0.1, 0.15) is 17.3 Å². The number of furan rings is 2. The Morgan fingerprint density at radius 1 is 0.964 bits per heavy atom. The Bertz CT molecular complexity index is 823. The highest BCUT2D eigenvalue weighted by Crippen LogP contribution is 2.24. The van der Waals surface area contributed by atoms with Crippen LogP contribution in [0.15, 0.2) is 69.9 Å². The lowest BCUT2D eigenvalue weighted by Crippen LogP contribution is -2.32. The molecule has 0 atom stereocenters. The summed E-state index contributed by atoms with van der Waals surface area (Å²) < 4.78 is 51.0. The molecule has 3 rings (SSSR count). The van der Waals surface area contributed by atoms with Gasteiger partial charge in [-0.05, 0) is 48.5 Å². The van der Waals surface area contributed by atoms with Crippen LogP contribution in [-0.2, 0) is 17.9 Å². The summed E-state index contributed by atoms with van der Waals surface area (Å²) in [5.74, 6) is 0.686. The first-order valence-electron chi connectivity index (χ1n) is 8.30. The van der Waals surface area contributed by atoms with E-state index in [4.69, 9.17) is 8.83 Å². The second kappa shape index (κ2) is 8.66. The number of hydrogen-bond acceptors (Lipinski definition) is 5. The summed E-state index contributed by atoms with van der Waals surface area (Å²) in [6, 6.07) is 12.0. The largest absolute Gasteiger partial charge is 0.573 e. The number of carbonyl (C=O) groups is 1. The Balaban J connectivity index is 1.59. The molecule has 0 aliphatic carbocycles. The molecule has 1 N–H and O–H groups in total.